The summed E-state index contributed by atoms with van der Waals surface area (Å²) in [5.41, 5.74) is 2.05. The van der Waals surface area contributed by atoms with Crippen molar-refractivity contribution in [3.05, 3.63) is 45.0 Å². The zero-order valence-corrected chi connectivity index (χ0v) is 12.2. The summed E-state index contributed by atoms with van der Waals surface area (Å²) in [4.78, 5) is 16.2. The molecule has 4 nitrogen and oxygen atoms in total. The van der Waals surface area contributed by atoms with Crippen LogP contribution < -0.4 is 10.6 Å². The van der Waals surface area contributed by atoms with E-state index in [-0.39, 0.29) is 5.91 Å². The lowest BCUT2D eigenvalue weighted by Crippen LogP contribution is -2.10. The number of pyridine rings is 1. The molecule has 18 heavy (non-hydrogen) atoms. The molecule has 2 N–H and O–H groups in total. The molecule has 1 aliphatic heterocycles. The Labute approximate surface area is 120 Å². The van der Waals surface area contributed by atoms with Gasteiger partial charge in [0.05, 0.1) is 16.9 Å². The van der Waals surface area contributed by atoms with Crippen molar-refractivity contribution < 1.29 is 4.79 Å². The smallest absolute Gasteiger partial charge is 0.259 e. The highest BCUT2D eigenvalue weighted by Gasteiger charge is 2.20. The van der Waals surface area contributed by atoms with Crippen LogP contribution in [0.5, 0.6) is 0 Å². The van der Waals surface area contributed by atoms with E-state index in [1.165, 1.54) is 0 Å². The molecule has 1 aliphatic rings. The number of nitrogens with zero attached hydrogens (tertiary/aromatic N) is 1. The molecule has 2 aromatic rings. The fraction of sp³-hybridized carbons (Fsp3) is 0. The van der Waals surface area contributed by atoms with Gasteiger partial charge in [-0.3, -0.25) is 4.79 Å². The fourth-order valence-corrected chi connectivity index (χ4v) is 2.45. The van der Waals surface area contributed by atoms with Crippen molar-refractivity contribution in [2.24, 2.45) is 0 Å². The Balaban J connectivity index is 2.18. The third-order valence-electron chi connectivity index (χ3n) is 2.61. The summed E-state index contributed by atoms with van der Waals surface area (Å²) in [6.07, 6.45) is 1.65. The van der Waals surface area contributed by atoms with Crippen LogP contribution in [0.3, 0.4) is 0 Å². The minimum atomic E-state index is -0.168. The molecule has 3 rings (SSSR count). The summed E-state index contributed by atoms with van der Waals surface area (Å²) in [5, 5.41) is 6.01. The van der Waals surface area contributed by atoms with Gasteiger partial charge in [-0.2, -0.15) is 0 Å². The molecule has 0 radical (unpaired) electrons. The van der Waals surface area contributed by atoms with Crippen LogP contribution in [-0.2, 0) is 0 Å². The number of halogens is 2. The Morgan fingerprint density at radius 2 is 1.72 bits per heavy atom. The Morgan fingerprint density at radius 1 is 1.06 bits per heavy atom. The zero-order valence-electron chi connectivity index (χ0n) is 9.00. The van der Waals surface area contributed by atoms with Gasteiger partial charge in [-0.15, -0.1) is 0 Å². The maximum atomic E-state index is 12.0. The van der Waals surface area contributed by atoms with E-state index < -0.39 is 0 Å². The van der Waals surface area contributed by atoms with Crippen molar-refractivity contribution in [2.45, 2.75) is 0 Å². The Morgan fingerprint density at radius 3 is 2.44 bits per heavy atom. The van der Waals surface area contributed by atoms with Gasteiger partial charge < -0.3 is 10.6 Å². The number of nitrogens with one attached hydrogen (secondary N) is 2. The summed E-state index contributed by atoms with van der Waals surface area (Å²) < 4.78 is 1.78. The molecular formula is C12H7Br2N3O. The fourth-order valence-electron chi connectivity index (χ4n) is 1.76. The highest BCUT2D eigenvalue weighted by Crippen LogP contribution is 2.37. The molecule has 0 fully saturated rings. The summed E-state index contributed by atoms with van der Waals surface area (Å²) in [5.74, 6) is 0.390. The molecule has 0 spiro atoms. The van der Waals surface area contributed by atoms with Crippen molar-refractivity contribution in [3.63, 3.8) is 0 Å². The molecule has 0 saturated carbocycles. The lowest BCUT2D eigenvalue weighted by molar-refractivity contribution is 0.102. The number of rotatable bonds is 0. The van der Waals surface area contributed by atoms with Crippen LogP contribution in [-0.4, -0.2) is 10.9 Å². The van der Waals surface area contributed by atoms with Gasteiger partial charge in [-0.25, -0.2) is 4.98 Å². The molecule has 0 atom stereocenters. The number of anilines is 3. The Kier molecular flexibility index (Phi) is 2.83. The quantitative estimate of drug-likeness (QED) is 0.741. The summed E-state index contributed by atoms with van der Waals surface area (Å²) in [6.45, 7) is 0. The van der Waals surface area contributed by atoms with Crippen molar-refractivity contribution in [2.75, 3.05) is 10.6 Å². The molecule has 0 saturated heterocycles. The molecule has 90 valence electrons. The number of aromatic nitrogens is 1. The topological polar surface area (TPSA) is 54.0 Å². The van der Waals surface area contributed by atoms with Gasteiger partial charge in [0.15, 0.2) is 0 Å². The number of hydrogen-bond acceptors (Lipinski definition) is 3. The van der Waals surface area contributed by atoms with Crippen molar-refractivity contribution in [1.29, 1.82) is 0 Å². The first-order valence-electron chi connectivity index (χ1n) is 5.17. The number of hydrogen-bond donors (Lipinski definition) is 2. The van der Waals surface area contributed by atoms with Crippen LogP contribution >= 0.6 is 31.9 Å². The normalized spacial score (nSPS) is 12.9. The van der Waals surface area contributed by atoms with Crippen LogP contribution in [0.2, 0.25) is 0 Å². The van der Waals surface area contributed by atoms with E-state index in [9.17, 15) is 4.79 Å². The number of amides is 1. The van der Waals surface area contributed by atoms with E-state index in [0.29, 0.717) is 17.1 Å². The minimum Gasteiger partial charge on any atom is -0.338 e. The SMILES string of the molecule is O=C1Nc2cc(Br)c(Br)cc2Nc2ncccc21. The van der Waals surface area contributed by atoms with Gasteiger partial charge in [-0.1, -0.05) is 0 Å². The van der Waals surface area contributed by atoms with Gasteiger partial charge in [0.2, 0.25) is 0 Å². The second-order valence-electron chi connectivity index (χ2n) is 3.79. The molecule has 1 aromatic heterocycles. The maximum absolute atomic E-state index is 12.0. The minimum absolute atomic E-state index is 0.168. The maximum Gasteiger partial charge on any atom is 0.259 e. The van der Waals surface area contributed by atoms with Gasteiger partial charge in [-0.05, 0) is 56.1 Å². The molecule has 0 aliphatic carbocycles. The molecule has 1 aromatic carbocycles. The predicted molar refractivity (Wildman–Crippen MR) is 77.3 cm³/mol. The number of carbonyl (C=O) groups excluding carboxylic acids is 1. The monoisotopic (exact) mass is 367 g/mol. The van der Waals surface area contributed by atoms with Gasteiger partial charge in [0, 0.05) is 15.1 Å². The Hall–Kier alpha value is -1.40. The molecule has 2 heterocycles. The van der Waals surface area contributed by atoms with Crippen molar-refractivity contribution >= 4 is 55.0 Å². The van der Waals surface area contributed by atoms with Crippen molar-refractivity contribution in [3.8, 4) is 0 Å². The third-order valence-corrected chi connectivity index (χ3v) is 4.46. The van der Waals surface area contributed by atoms with Crippen molar-refractivity contribution in [1.82, 2.24) is 4.98 Å². The van der Waals surface area contributed by atoms with E-state index in [0.717, 1.165) is 14.6 Å². The van der Waals surface area contributed by atoms with E-state index in [1.54, 1.807) is 18.3 Å². The van der Waals surface area contributed by atoms with Crippen LogP contribution in [0, 0.1) is 0 Å². The second-order valence-corrected chi connectivity index (χ2v) is 5.50. The van der Waals surface area contributed by atoms with Crippen LogP contribution in [0.15, 0.2) is 39.4 Å². The lowest BCUT2D eigenvalue weighted by atomic mass is 10.2. The largest absolute Gasteiger partial charge is 0.338 e. The van der Waals surface area contributed by atoms with E-state index in [2.05, 4.69) is 47.5 Å². The van der Waals surface area contributed by atoms with E-state index in [1.807, 2.05) is 12.1 Å². The lowest BCUT2D eigenvalue weighted by Gasteiger charge is -2.09. The standard InChI is InChI=1S/C12H7Br2N3O/c13-7-4-9-10(5-8(7)14)17-12(18)6-2-1-3-15-11(6)16-9/h1-5H,(H,15,16)(H,17,18). The average molecular weight is 369 g/mol. The first kappa shape index (κ1) is 11.7. The van der Waals surface area contributed by atoms with Crippen LogP contribution in [0.1, 0.15) is 10.4 Å². The summed E-state index contributed by atoms with van der Waals surface area (Å²) in [6, 6.07) is 7.21. The highest BCUT2D eigenvalue weighted by molar-refractivity contribution is 9.13. The number of benzene rings is 1. The van der Waals surface area contributed by atoms with Gasteiger partial charge >= 0.3 is 0 Å². The number of carbonyl (C=O) groups is 1. The average Bonchev–Trinajstić information content (AvgIpc) is 2.48. The van der Waals surface area contributed by atoms with Gasteiger partial charge in [0.1, 0.15) is 5.82 Å². The molecule has 1 amide bonds. The third kappa shape index (κ3) is 1.91. The highest BCUT2D eigenvalue weighted by atomic mass is 79.9. The predicted octanol–water partition coefficient (Wildman–Crippen LogP) is 3.92. The van der Waals surface area contributed by atoms with Crippen LogP contribution in [0.4, 0.5) is 17.2 Å². The summed E-state index contributed by atoms with van der Waals surface area (Å²) >= 11 is 6.85. The first-order chi connectivity index (χ1) is 8.65. The van der Waals surface area contributed by atoms with E-state index >= 15 is 0 Å². The second kappa shape index (κ2) is 4.37. The van der Waals surface area contributed by atoms with Gasteiger partial charge in [0.25, 0.3) is 5.91 Å². The molecule has 0 bridgehead atoms. The molecule has 0 unspecified atom stereocenters. The summed E-state index contributed by atoms with van der Waals surface area (Å²) in [7, 11) is 0. The van der Waals surface area contributed by atoms with Crippen LogP contribution in [0.25, 0.3) is 0 Å². The zero-order chi connectivity index (χ0) is 12.7. The Bertz CT molecular complexity index is 658. The van der Waals surface area contributed by atoms with E-state index in [4.69, 9.17) is 0 Å². The molecule has 6 heteroatoms. The first-order valence-corrected chi connectivity index (χ1v) is 6.76. The number of fused-ring (bicyclic) bond motifs is 2. The molecular weight excluding hydrogens is 362 g/mol.